The second kappa shape index (κ2) is 7.20. The molecule has 2 aromatic rings. The van der Waals surface area contributed by atoms with Gasteiger partial charge in [-0.3, -0.25) is 4.98 Å². The molecule has 1 aliphatic rings. The molecule has 0 aliphatic carbocycles. The van der Waals surface area contributed by atoms with E-state index in [2.05, 4.69) is 9.97 Å². The maximum Gasteiger partial charge on any atom is 0.243 e. The normalized spacial score (nSPS) is 19.6. The highest BCUT2D eigenvalue weighted by molar-refractivity contribution is 7.89. The second-order valence-electron chi connectivity index (χ2n) is 5.18. The van der Waals surface area contributed by atoms with Gasteiger partial charge in [-0.1, -0.05) is 0 Å². The summed E-state index contributed by atoms with van der Waals surface area (Å²) in [7, 11) is -3.76. The van der Waals surface area contributed by atoms with E-state index in [9.17, 15) is 12.8 Å². The van der Waals surface area contributed by atoms with Gasteiger partial charge in [-0.25, -0.2) is 17.8 Å². The van der Waals surface area contributed by atoms with Crippen molar-refractivity contribution < 1.29 is 22.3 Å². The minimum absolute atomic E-state index is 0.0315. The number of ether oxygens (including phenoxy) is 2. The molecule has 1 saturated heterocycles. The molecule has 1 atom stereocenters. The van der Waals surface area contributed by atoms with E-state index in [1.165, 1.54) is 35.0 Å². The molecule has 0 amide bonds. The smallest absolute Gasteiger partial charge is 0.243 e. The highest BCUT2D eigenvalue weighted by Gasteiger charge is 2.30. The van der Waals surface area contributed by atoms with Gasteiger partial charge in [0, 0.05) is 18.9 Å². The summed E-state index contributed by atoms with van der Waals surface area (Å²) in [5, 5.41) is 0. The molecule has 0 radical (unpaired) electrons. The number of hydrogen-bond acceptors (Lipinski definition) is 6. The van der Waals surface area contributed by atoms with E-state index in [0.717, 1.165) is 12.1 Å². The van der Waals surface area contributed by atoms with Gasteiger partial charge < -0.3 is 9.47 Å². The van der Waals surface area contributed by atoms with E-state index in [0.29, 0.717) is 5.88 Å². The topological polar surface area (TPSA) is 81.6 Å². The molecule has 7 nitrogen and oxygen atoms in total. The van der Waals surface area contributed by atoms with Crippen molar-refractivity contribution >= 4 is 10.0 Å². The molecule has 24 heavy (non-hydrogen) atoms. The molecule has 1 unspecified atom stereocenters. The second-order valence-corrected chi connectivity index (χ2v) is 7.11. The zero-order valence-corrected chi connectivity index (χ0v) is 13.5. The van der Waals surface area contributed by atoms with E-state index in [1.807, 2.05) is 0 Å². The fourth-order valence-corrected chi connectivity index (χ4v) is 3.77. The molecule has 0 bridgehead atoms. The molecule has 1 aromatic heterocycles. The number of hydrogen-bond donors (Lipinski definition) is 0. The van der Waals surface area contributed by atoms with Gasteiger partial charge in [0.15, 0.2) is 0 Å². The Kier molecular flexibility index (Phi) is 5.03. The first-order valence-electron chi connectivity index (χ1n) is 7.32. The van der Waals surface area contributed by atoms with Crippen molar-refractivity contribution in [2.24, 2.45) is 0 Å². The number of benzene rings is 1. The Morgan fingerprint density at radius 1 is 1.25 bits per heavy atom. The molecule has 3 rings (SSSR count). The van der Waals surface area contributed by atoms with E-state index in [1.54, 1.807) is 0 Å². The van der Waals surface area contributed by atoms with Crippen LogP contribution in [0.3, 0.4) is 0 Å². The van der Waals surface area contributed by atoms with Crippen LogP contribution in [0.5, 0.6) is 5.88 Å². The van der Waals surface area contributed by atoms with Crippen LogP contribution in [0, 0.1) is 5.82 Å². The van der Waals surface area contributed by atoms with Crippen molar-refractivity contribution in [3.8, 4) is 5.88 Å². The first kappa shape index (κ1) is 16.7. The molecule has 1 fully saturated rings. The summed E-state index contributed by atoms with van der Waals surface area (Å²) in [6, 6.07) is 4.73. The van der Waals surface area contributed by atoms with E-state index >= 15 is 0 Å². The third kappa shape index (κ3) is 3.86. The molecular weight excluding hydrogens is 337 g/mol. The lowest BCUT2D eigenvalue weighted by Gasteiger charge is -2.23. The van der Waals surface area contributed by atoms with Crippen LogP contribution in [-0.4, -0.2) is 55.1 Å². The number of aromatic nitrogens is 2. The van der Waals surface area contributed by atoms with Gasteiger partial charge in [0.05, 0.1) is 30.9 Å². The minimum Gasteiger partial charge on any atom is -0.469 e. The molecular formula is C15H16FN3O4S. The van der Waals surface area contributed by atoms with Gasteiger partial charge in [0.1, 0.15) is 11.9 Å². The van der Waals surface area contributed by atoms with E-state index < -0.39 is 21.9 Å². The van der Waals surface area contributed by atoms with Gasteiger partial charge >= 0.3 is 0 Å². The van der Waals surface area contributed by atoms with Gasteiger partial charge in [-0.2, -0.15) is 4.31 Å². The van der Waals surface area contributed by atoms with Gasteiger partial charge in [-0.15, -0.1) is 0 Å². The zero-order valence-electron chi connectivity index (χ0n) is 12.7. The third-order valence-electron chi connectivity index (χ3n) is 3.47. The number of rotatable bonds is 4. The lowest BCUT2D eigenvalue weighted by Crippen LogP contribution is -2.40. The monoisotopic (exact) mass is 353 g/mol. The van der Waals surface area contributed by atoms with E-state index in [4.69, 9.17) is 9.47 Å². The van der Waals surface area contributed by atoms with Crippen LogP contribution in [0.4, 0.5) is 4.39 Å². The average Bonchev–Trinajstić information content (AvgIpc) is 2.82. The first-order chi connectivity index (χ1) is 11.6. The summed E-state index contributed by atoms with van der Waals surface area (Å²) in [5.74, 6) is -0.191. The molecule has 128 valence electrons. The predicted octanol–water partition coefficient (Wildman–Crippen LogP) is 1.08. The number of sulfonamides is 1. The van der Waals surface area contributed by atoms with Crippen LogP contribution in [0.15, 0.2) is 47.8 Å². The van der Waals surface area contributed by atoms with E-state index in [-0.39, 0.29) is 31.2 Å². The van der Waals surface area contributed by atoms with Crippen molar-refractivity contribution in [2.45, 2.75) is 11.0 Å². The van der Waals surface area contributed by atoms with Crippen molar-refractivity contribution in [3.63, 3.8) is 0 Å². The van der Waals surface area contributed by atoms with Crippen molar-refractivity contribution in [1.82, 2.24) is 14.3 Å². The Morgan fingerprint density at radius 2 is 2.04 bits per heavy atom. The molecule has 9 heteroatoms. The van der Waals surface area contributed by atoms with Gasteiger partial charge in [0.2, 0.25) is 15.9 Å². The van der Waals surface area contributed by atoms with Crippen molar-refractivity contribution in [1.29, 1.82) is 0 Å². The lowest BCUT2D eigenvalue weighted by molar-refractivity contribution is 0.0694. The molecule has 0 N–H and O–H groups in total. The third-order valence-corrected chi connectivity index (χ3v) is 5.35. The first-order valence-corrected chi connectivity index (χ1v) is 8.76. The molecule has 1 aromatic carbocycles. The molecule has 0 saturated carbocycles. The highest BCUT2D eigenvalue weighted by Crippen LogP contribution is 2.19. The quantitative estimate of drug-likeness (QED) is 0.818. The van der Waals surface area contributed by atoms with Gasteiger partial charge in [0.25, 0.3) is 0 Å². The summed E-state index contributed by atoms with van der Waals surface area (Å²) in [5.41, 5.74) is 0. The van der Waals surface area contributed by atoms with Crippen LogP contribution in [0.2, 0.25) is 0 Å². The fraction of sp³-hybridized carbons (Fsp3) is 0.333. The maximum atomic E-state index is 13.0. The summed E-state index contributed by atoms with van der Waals surface area (Å²) in [4.78, 5) is 7.94. The highest BCUT2D eigenvalue weighted by atomic mass is 32.2. The van der Waals surface area contributed by atoms with Crippen LogP contribution >= 0.6 is 0 Å². The number of halogens is 1. The Labute approximate surface area is 139 Å². The summed E-state index contributed by atoms with van der Waals surface area (Å²) in [6.07, 6.45) is 3.94. The minimum atomic E-state index is -3.76. The van der Waals surface area contributed by atoms with Crippen LogP contribution in [0.25, 0.3) is 0 Å². The van der Waals surface area contributed by atoms with Crippen molar-refractivity contribution in [3.05, 3.63) is 48.7 Å². The maximum absolute atomic E-state index is 13.0. The fourth-order valence-electron chi connectivity index (χ4n) is 2.31. The van der Waals surface area contributed by atoms with Crippen LogP contribution in [-0.2, 0) is 14.8 Å². The summed E-state index contributed by atoms with van der Waals surface area (Å²) < 4.78 is 50.8. The Hall–Kier alpha value is -2.10. The summed E-state index contributed by atoms with van der Waals surface area (Å²) >= 11 is 0. The molecule has 0 spiro atoms. The Bertz CT molecular complexity index is 771. The number of nitrogens with zero attached hydrogens (tertiary/aromatic N) is 3. The van der Waals surface area contributed by atoms with Gasteiger partial charge in [-0.05, 0) is 24.3 Å². The largest absolute Gasteiger partial charge is 0.469 e. The average molecular weight is 353 g/mol. The lowest BCUT2D eigenvalue weighted by atomic mass is 10.3. The van der Waals surface area contributed by atoms with Crippen molar-refractivity contribution in [2.75, 3.05) is 26.3 Å². The Morgan fingerprint density at radius 3 is 2.75 bits per heavy atom. The van der Waals surface area contributed by atoms with Crippen LogP contribution < -0.4 is 4.74 Å². The molecule has 2 heterocycles. The SMILES string of the molecule is O=S(=O)(c1ccc(F)cc1)N1CCOCC(Oc2cnccn2)C1. The summed E-state index contributed by atoms with van der Waals surface area (Å²) in [6.45, 7) is 0.795. The Balaban J connectivity index is 1.78. The molecule has 1 aliphatic heterocycles. The van der Waals surface area contributed by atoms with Crippen LogP contribution in [0.1, 0.15) is 0 Å². The predicted molar refractivity (Wildman–Crippen MR) is 82.4 cm³/mol. The zero-order chi connectivity index (χ0) is 17.0. The standard InChI is InChI=1S/C15H16FN3O4S/c16-12-1-3-14(4-2-12)24(20,21)19-7-8-22-11-13(10-19)23-15-9-17-5-6-18-15/h1-6,9,13H,7-8,10-11H2.